The van der Waals surface area contributed by atoms with Gasteiger partial charge in [-0.1, -0.05) is 13.3 Å². The highest BCUT2D eigenvalue weighted by molar-refractivity contribution is 5.46. The van der Waals surface area contributed by atoms with E-state index in [1.807, 2.05) is 6.92 Å². The predicted molar refractivity (Wildman–Crippen MR) is 55.7 cm³/mol. The van der Waals surface area contributed by atoms with E-state index in [0.717, 1.165) is 12.8 Å². The van der Waals surface area contributed by atoms with Gasteiger partial charge in [-0.15, -0.1) is 0 Å². The van der Waals surface area contributed by atoms with Crippen LogP contribution in [0.4, 0.5) is 11.5 Å². The molecule has 82 valence electrons. The number of hydrogen-bond donors (Lipinski definition) is 1. The van der Waals surface area contributed by atoms with E-state index in [1.165, 1.54) is 12.1 Å². The lowest BCUT2D eigenvalue weighted by molar-refractivity contribution is -0.386. The molecule has 1 aromatic heterocycles. The zero-order valence-electron chi connectivity index (χ0n) is 8.47. The van der Waals surface area contributed by atoms with E-state index in [2.05, 4.69) is 4.98 Å². The molecule has 0 saturated heterocycles. The normalized spacial score (nSPS) is 9.93. The van der Waals surface area contributed by atoms with Crippen LogP contribution in [-0.2, 0) is 0 Å². The number of hydrogen-bond acceptors (Lipinski definition) is 5. The first-order valence-electron chi connectivity index (χ1n) is 4.69. The summed E-state index contributed by atoms with van der Waals surface area (Å²) in [6.45, 7) is 2.42. The van der Waals surface area contributed by atoms with Crippen LogP contribution in [0, 0.1) is 10.1 Å². The second kappa shape index (κ2) is 5.14. The van der Waals surface area contributed by atoms with Gasteiger partial charge in [-0.2, -0.15) is 4.98 Å². The fraction of sp³-hybridized carbons (Fsp3) is 0.444. The van der Waals surface area contributed by atoms with Crippen LogP contribution in [0.5, 0.6) is 5.88 Å². The van der Waals surface area contributed by atoms with Gasteiger partial charge in [0.1, 0.15) is 5.82 Å². The Balaban J connectivity index is 2.82. The van der Waals surface area contributed by atoms with Crippen molar-refractivity contribution in [3.8, 4) is 5.88 Å². The molecule has 6 nitrogen and oxygen atoms in total. The van der Waals surface area contributed by atoms with Gasteiger partial charge in [0.25, 0.3) is 5.88 Å². The maximum atomic E-state index is 10.6. The van der Waals surface area contributed by atoms with E-state index in [-0.39, 0.29) is 17.4 Å². The van der Waals surface area contributed by atoms with Gasteiger partial charge in [0.15, 0.2) is 0 Å². The van der Waals surface area contributed by atoms with Crippen LogP contribution in [0.1, 0.15) is 19.8 Å². The summed E-state index contributed by atoms with van der Waals surface area (Å²) in [5, 5.41) is 10.6. The van der Waals surface area contributed by atoms with E-state index in [9.17, 15) is 10.1 Å². The third kappa shape index (κ3) is 3.08. The monoisotopic (exact) mass is 211 g/mol. The zero-order chi connectivity index (χ0) is 11.3. The number of anilines is 1. The van der Waals surface area contributed by atoms with Crippen LogP contribution in [0.2, 0.25) is 0 Å². The molecule has 0 atom stereocenters. The van der Waals surface area contributed by atoms with Crippen LogP contribution in [0.3, 0.4) is 0 Å². The molecule has 0 fully saturated rings. The molecule has 0 aliphatic carbocycles. The minimum atomic E-state index is -0.534. The molecule has 0 unspecified atom stereocenters. The van der Waals surface area contributed by atoms with E-state index >= 15 is 0 Å². The molecule has 0 spiro atoms. The highest BCUT2D eigenvalue weighted by Gasteiger charge is 2.16. The van der Waals surface area contributed by atoms with E-state index in [0.29, 0.717) is 6.61 Å². The molecular formula is C9H13N3O3. The number of rotatable bonds is 5. The number of aromatic nitrogens is 1. The SMILES string of the molecule is CCCCOc1nc(N)ccc1[N+](=O)[O-]. The lowest BCUT2D eigenvalue weighted by Crippen LogP contribution is -2.03. The molecular weight excluding hydrogens is 198 g/mol. The van der Waals surface area contributed by atoms with E-state index in [1.54, 1.807) is 0 Å². The van der Waals surface area contributed by atoms with E-state index < -0.39 is 4.92 Å². The lowest BCUT2D eigenvalue weighted by atomic mass is 10.3. The average Bonchev–Trinajstić information content (AvgIpc) is 2.18. The van der Waals surface area contributed by atoms with Gasteiger partial charge in [0.05, 0.1) is 11.5 Å². The summed E-state index contributed by atoms with van der Waals surface area (Å²) < 4.78 is 5.19. The van der Waals surface area contributed by atoms with Crippen molar-refractivity contribution in [1.29, 1.82) is 0 Å². The maximum absolute atomic E-state index is 10.6. The third-order valence-corrected chi connectivity index (χ3v) is 1.80. The molecule has 1 rings (SSSR count). The largest absolute Gasteiger partial charge is 0.473 e. The highest BCUT2D eigenvalue weighted by atomic mass is 16.6. The molecule has 2 N–H and O–H groups in total. The van der Waals surface area contributed by atoms with Crippen molar-refractivity contribution < 1.29 is 9.66 Å². The Morgan fingerprint density at radius 3 is 2.93 bits per heavy atom. The Bertz CT molecular complexity index is 354. The molecule has 0 aromatic carbocycles. The summed E-state index contributed by atoms with van der Waals surface area (Å²) in [7, 11) is 0. The second-order valence-electron chi connectivity index (χ2n) is 3.02. The molecule has 15 heavy (non-hydrogen) atoms. The first kappa shape index (κ1) is 11.2. The second-order valence-corrected chi connectivity index (χ2v) is 3.02. The Morgan fingerprint density at radius 1 is 1.60 bits per heavy atom. The molecule has 6 heteroatoms. The van der Waals surface area contributed by atoms with Gasteiger partial charge >= 0.3 is 5.69 Å². The summed E-state index contributed by atoms with van der Waals surface area (Å²) >= 11 is 0. The molecule has 0 aliphatic heterocycles. The smallest absolute Gasteiger partial charge is 0.331 e. The summed E-state index contributed by atoms with van der Waals surface area (Å²) in [5.41, 5.74) is 5.27. The Kier molecular flexibility index (Phi) is 3.84. The molecule has 0 aliphatic rings. The Hall–Kier alpha value is -1.85. The average molecular weight is 211 g/mol. The van der Waals surface area contributed by atoms with Gasteiger partial charge in [0, 0.05) is 6.07 Å². The van der Waals surface area contributed by atoms with Crippen LogP contribution in [0.25, 0.3) is 0 Å². The summed E-state index contributed by atoms with van der Waals surface area (Å²) in [5.74, 6) is 0.209. The van der Waals surface area contributed by atoms with Crippen molar-refractivity contribution in [2.45, 2.75) is 19.8 Å². The number of nitrogen functional groups attached to an aromatic ring is 1. The van der Waals surface area contributed by atoms with Crippen LogP contribution < -0.4 is 10.5 Å². The Morgan fingerprint density at radius 2 is 2.33 bits per heavy atom. The van der Waals surface area contributed by atoms with Crippen molar-refractivity contribution >= 4 is 11.5 Å². The first-order valence-corrected chi connectivity index (χ1v) is 4.69. The number of ether oxygens (including phenoxy) is 1. The molecule has 0 saturated carbocycles. The number of nitrogens with zero attached hydrogens (tertiary/aromatic N) is 2. The van der Waals surface area contributed by atoms with Gasteiger partial charge in [-0.3, -0.25) is 10.1 Å². The predicted octanol–water partition coefficient (Wildman–Crippen LogP) is 1.75. The molecule has 1 aromatic rings. The standard InChI is InChI=1S/C9H13N3O3/c1-2-3-6-15-9-7(12(13)14)4-5-8(10)11-9/h4-5H,2-3,6H2,1H3,(H2,10,11). The quantitative estimate of drug-likeness (QED) is 0.455. The van der Waals surface area contributed by atoms with Crippen molar-refractivity contribution in [2.24, 2.45) is 0 Å². The molecule has 0 radical (unpaired) electrons. The lowest BCUT2D eigenvalue weighted by Gasteiger charge is -2.04. The van der Waals surface area contributed by atoms with Crippen LogP contribution in [0.15, 0.2) is 12.1 Å². The van der Waals surface area contributed by atoms with E-state index in [4.69, 9.17) is 10.5 Å². The van der Waals surface area contributed by atoms with Crippen molar-refractivity contribution in [1.82, 2.24) is 4.98 Å². The Labute approximate surface area is 87.2 Å². The minimum absolute atomic E-state index is 0.00606. The van der Waals surface area contributed by atoms with Crippen LogP contribution in [-0.4, -0.2) is 16.5 Å². The zero-order valence-corrected chi connectivity index (χ0v) is 8.47. The number of nitrogens with two attached hydrogens (primary N) is 1. The fourth-order valence-electron chi connectivity index (χ4n) is 1.01. The van der Waals surface area contributed by atoms with Gasteiger partial charge in [-0.25, -0.2) is 0 Å². The third-order valence-electron chi connectivity index (χ3n) is 1.80. The van der Waals surface area contributed by atoms with Crippen molar-refractivity contribution in [2.75, 3.05) is 12.3 Å². The van der Waals surface area contributed by atoms with Gasteiger partial charge < -0.3 is 10.5 Å². The number of nitro groups is 1. The number of pyridine rings is 1. The molecule has 0 bridgehead atoms. The topological polar surface area (TPSA) is 91.3 Å². The molecule has 0 amide bonds. The first-order chi connectivity index (χ1) is 7.15. The summed E-state index contributed by atoms with van der Waals surface area (Å²) in [4.78, 5) is 13.9. The number of unbranched alkanes of at least 4 members (excludes halogenated alkanes) is 1. The fourth-order valence-corrected chi connectivity index (χ4v) is 1.01. The molecule has 1 heterocycles. The van der Waals surface area contributed by atoms with Crippen LogP contribution >= 0.6 is 0 Å². The van der Waals surface area contributed by atoms with Crippen molar-refractivity contribution in [3.05, 3.63) is 22.2 Å². The van der Waals surface area contributed by atoms with Gasteiger partial charge in [-0.05, 0) is 12.5 Å². The maximum Gasteiger partial charge on any atom is 0.331 e. The summed E-state index contributed by atoms with van der Waals surface area (Å²) in [6.07, 6.45) is 1.78. The summed E-state index contributed by atoms with van der Waals surface area (Å²) in [6, 6.07) is 2.68. The highest BCUT2D eigenvalue weighted by Crippen LogP contribution is 2.25. The minimum Gasteiger partial charge on any atom is -0.473 e. The van der Waals surface area contributed by atoms with Crippen molar-refractivity contribution in [3.63, 3.8) is 0 Å². The van der Waals surface area contributed by atoms with Gasteiger partial charge in [0.2, 0.25) is 0 Å².